The van der Waals surface area contributed by atoms with E-state index in [9.17, 15) is 4.79 Å². The number of allylic oxidation sites excluding steroid dienone is 7. The van der Waals surface area contributed by atoms with Crippen LogP contribution >= 0.6 is 0 Å². The van der Waals surface area contributed by atoms with E-state index in [0.717, 1.165) is 17.0 Å². The number of hydrogen-bond donors (Lipinski definition) is 1. The number of fused-ring (bicyclic) bond motifs is 1. The lowest BCUT2D eigenvalue weighted by Gasteiger charge is -2.26. The average molecular weight is 293 g/mol. The Morgan fingerprint density at radius 2 is 1.82 bits per heavy atom. The topological polar surface area (TPSA) is 38.3 Å². The molecule has 0 heterocycles. The fourth-order valence-corrected chi connectivity index (χ4v) is 2.61. The lowest BCUT2D eigenvalue weighted by Crippen LogP contribution is -2.23. The van der Waals surface area contributed by atoms with Crippen LogP contribution in [0.4, 0.5) is 5.69 Å². The fourth-order valence-electron chi connectivity index (χ4n) is 2.61. The Balaban J connectivity index is 1.55. The van der Waals surface area contributed by atoms with Crippen LogP contribution in [0.15, 0.2) is 72.6 Å². The molecule has 0 aliphatic heterocycles. The highest BCUT2D eigenvalue weighted by Gasteiger charge is 2.24. The minimum Gasteiger partial charge on any atom is -0.487 e. The monoisotopic (exact) mass is 293 g/mol. The molecule has 2 aliphatic carbocycles. The van der Waals surface area contributed by atoms with E-state index in [2.05, 4.69) is 23.5 Å². The maximum absolute atomic E-state index is 12.0. The molecule has 2 unspecified atom stereocenters. The standard InChI is InChI=1S/C19H19NO2/c1-14-9-11-16(12-10-14)20-19(21)13-22-18-8-4-6-15-5-2-3-7-17(15)18/h2-12,15,17H,13H2,1H3,(H,20,21). The molecule has 0 saturated carbocycles. The summed E-state index contributed by atoms with van der Waals surface area (Å²) in [7, 11) is 0. The summed E-state index contributed by atoms with van der Waals surface area (Å²) in [6, 6.07) is 7.71. The van der Waals surface area contributed by atoms with Gasteiger partial charge >= 0.3 is 0 Å². The van der Waals surface area contributed by atoms with E-state index in [1.165, 1.54) is 0 Å². The van der Waals surface area contributed by atoms with Gasteiger partial charge in [0.1, 0.15) is 5.76 Å². The Bertz CT molecular complexity index is 665. The number of amides is 1. The summed E-state index contributed by atoms with van der Waals surface area (Å²) in [4.78, 5) is 12.0. The highest BCUT2D eigenvalue weighted by Crippen LogP contribution is 2.31. The van der Waals surface area contributed by atoms with Gasteiger partial charge in [-0.2, -0.15) is 0 Å². The number of ether oxygens (including phenoxy) is 1. The largest absolute Gasteiger partial charge is 0.487 e. The first-order valence-electron chi connectivity index (χ1n) is 7.45. The van der Waals surface area contributed by atoms with Gasteiger partial charge in [-0.15, -0.1) is 0 Å². The lowest BCUT2D eigenvalue weighted by molar-refractivity contribution is -0.119. The van der Waals surface area contributed by atoms with Gasteiger partial charge in [-0.1, -0.05) is 54.2 Å². The minimum absolute atomic E-state index is 0.0221. The second kappa shape index (κ2) is 6.48. The summed E-state index contributed by atoms with van der Waals surface area (Å²) in [5.41, 5.74) is 1.95. The zero-order chi connectivity index (χ0) is 15.4. The number of rotatable bonds is 4. The van der Waals surface area contributed by atoms with Crippen molar-refractivity contribution in [3.63, 3.8) is 0 Å². The maximum Gasteiger partial charge on any atom is 0.262 e. The first-order valence-corrected chi connectivity index (χ1v) is 7.45. The number of benzene rings is 1. The molecule has 1 aromatic carbocycles. The van der Waals surface area contributed by atoms with E-state index in [-0.39, 0.29) is 18.4 Å². The van der Waals surface area contributed by atoms with Crippen molar-refractivity contribution in [2.24, 2.45) is 11.8 Å². The minimum atomic E-state index is -0.147. The molecule has 112 valence electrons. The van der Waals surface area contributed by atoms with Crippen LogP contribution < -0.4 is 5.32 Å². The second-order valence-corrected chi connectivity index (χ2v) is 5.53. The van der Waals surface area contributed by atoms with Crippen molar-refractivity contribution in [1.29, 1.82) is 0 Å². The molecular formula is C19H19NO2. The second-order valence-electron chi connectivity index (χ2n) is 5.53. The molecule has 0 radical (unpaired) electrons. The SMILES string of the molecule is Cc1ccc(NC(=O)COC2=CC=CC3C=CC=CC23)cc1. The molecule has 1 N–H and O–H groups in total. The molecule has 0 spiro atoms. The quantitative estimate of drug-likeness (QED) is 0.918. The molecule has 2 atom stereocenters. The normalized spacial score (nSPS) is 22.0. The van der Waals surface area contributed by atoms with Crippen LogP contribution in [0.3, 0.4) is 0 Å². The van der Waals surface area contributed by atoms with Crippen LogP contribution in [-0.4, -0.2) is 12.5 Å². The van der Waals surface area contributed by atoms with Crippen LogP contribution in [0.1, 0.15) is 5.56 Å². The molecule has 0 fully saturated rings. The van der Waals surface area contributed by atoms with Crippen LogP contribution in [0.25, 0.3) is 0 Å². The number of nitrogens with one attached hydrogen (secondary N) is 1. The van der Waals surface area contributed by atoms with Gasteiger partial charge in [-0.05, 0) is 25.1 Å². The molecule has 3 heteroatoms. The predicted molar refractivity (Wildman–Crippen MR) is 88.2 cm³/mol. The molecule has 0 saturated heterocycles. The number of anilines is 1. The van der Waals surface area contributed by atoms with Crippen LogP contribution in [0, 0.1) is 18.8 Å². The summed E-state index contributed by atoms with van der Waals surface area (Å²) in [5.74, 6) is 1.21. The first-order chi connectivity index (χ1) is 10.7. The van der Waals surface area contributed by atoms with Crippen molar-refractivity contribution in [2.45, 2.75) is 6.92 Å². The zero-order valence-electron chi connectivity index (χ0n) is 12.5. The average Bonchev–Trinajstić information content (AvgIpc) is 2.55. The van der Waals surface area contributed by atoms with Gasteiger partial charge in [-0.25, -0.2) is 0 Å². The summed E-state index contributed by atoms with van der Waals surface area (Å²) in [6.45, 7) is 2.04. The highest BCUT2D eigenvalue weighted by atomic mass is 16.5. The molecule has 1 aromatic rings. The number of aryl methyl sites for hydroxylation is 1. The van der Waals surface area contributed by atoms with Gasteiger partial charge in [0.15, 0.2) is 6.61 Å². The Hall–Kier alpha value is -2.55. The number of carbonyl (C=O) groups is 1. The molecule has 0 aromatic heterocycles. The van der Waals surface area contributed by atoms with Crippen molar-refractivity contribution in [3.8, 4) is 0 Å². The smallest absolute Gasteiger partial charge is 0.262 e. The van der Waals surface area contributed by atoms with E-state index in [0.29, 0.717) is 5.92 Å². The summed E-state index contributed by atoms with van der Waals surface area (Å²) in [5, 5.41) is 2.84. The van der Waals surface area contributed by atoms with E-state index >= 15 is 0 Å². The summed E-state index contributed by atoms with van der Waals surface area (Å²) < 4.78 is 5.72. The Morgan fingerprint density at radius 3 is 2.64 bits per heavy atom. The van der Waals surface area contributed by atoms with Crippen LogP contribution in [0.5, 0.6) is 0 Å². The van der Waals surface area contributed by atoms with E-state index in [1.54, 1.807) is 0 Å². The predicted octanol–water partition coefficient (Wildman–Crippen LogP) is 3.76. The Labute approximate surface area is 130 Å². The molecule has 2 aliphatic rings. The Kier molecular flexibility index (Phi) is 4.24. The molecule has 1 amide bonds. The summed E-state index contributed by atoms with van der Waals surface area (Å²) >= 11 is 0. The zero-order valence-corrected chi connectivity index (χ0v) is 12.5. The summed E-state index contributed by atoms with van der Waals surface area (Å²) in [6.07, 6.45) is 14.4. The van der Waals surface area contributed by atoms with Gasteiger partial charge in [0.05, 0.1) is 0 Å². The van der Waals surface area contributed by atoms with Gasteiger partial charge < -0.3 is 10.1 Å². The third-order valence-corrected chi connectivity index (χ3v) is 3.81. The molecule has 0 bridgehead atoms. The van der Waals surface area contributed by atoms with Crippen LogP contribution in [-0.2, 0) is 9.53 Å². The molecule has 3 rings (SSSR count). The third-order valence-electron chi connectivity index (χ3n) is 3.81. The number of carbonyl (C=O) groups excluding carboxylic acids is 1. The van der Waals surface area contributed by atoms with Crippen molar-refractivity contribution in [3.05, 3.63) is 78.1 Å². The fraction of sp³-hybridized carbons (Fsp3) is 0.211. The third kappa shape index (κ3) is 3.37. The van der Waals surface area contributed by atoms with Crippen molar-refractivity contribution >= 4 is 11.6 Å². The van der Waals surface area contributed by atoms with Crippen LogP contribution in [0.2, 0.25) is 0 Å². The van der Waals surface area contributed by atoms with Crippen molar-refractivity contribution in [2.75, 3.05) is 11.9 Å². The first kappa shape index (κ1) is 14.4. The van der Waals surface area contributed by atoms with E-state index in [4.69, 9.17) is 4.74 Å². The maximum atomic E-state index is 12.0. The highest BCUT2D eigenvalue weighted by molar-refractivity contribution is 5.91. The van der Waals surface area contributed by atoms with Gasteiger partial charge in [0.25, 0.3) is 5.91 Å². The van der Waals surface area contributed by atoms with E-state index in [1.807, 2.05) is 55.5 Å². The van der Waals surface area contributed by atoms with Gasteiger partial charge in [0, 0.05) is 17.5 Å². The van der Waals surface area contributed by atoms with Gasteiger partial charge in [0.2, 0.25) is 0 Å². The van der Waals surface area contributed by atoms with Crippen molar-refractivity contribution in [1.82, 2.24) is 0 Å². The van der Waals surface area contributed by atoms with Crippen molar-refractivity contribution < 1.29 is 9.53 Å². The van der Waals surface area contributed by atoms with E-state index < -0.39 is 0 Å². The molecule has 22 heavy (non-hydrogen) atoms. The lowest BCUT2D eigenvalue weighted by atomic mass is 9.84. The molecular weight excluding hydrogens is 274 g/mol. The van der Waals surface area contributed by atoms with Gasteiger partial charge in [-0.3, -0.25) is 4.79 Å². The molecule has 3 nitrogen and oxygen atoms in total. The number of hydrogen-bond acceptors (Lipinski definition) is 2. The Morgan fingerprint density at radius 1 is 1.09 bits per heavy atom.